The number of carbonyl (C=O) groups is 2. The van der Waals surface area contributed by atoms with E-state index in [-0.39, 0.29) is 0 Å². The van der Waals surface area contributed by atoms with Gasteiger partial charge in [0.1, 0.15) is 0 Å². The molecule has 0 bridgehead atoms. The number of carbonyl (C=O) groups excluding carboxylic acids is 2. The van der Waals surface area contributed by atoms with Crippen molar-refractivity contribution in [3.63, 3.8) is 0 Å². The molecule has 0 aromatic rings. The largest absolute Gasteiger partial charge is 0.412 e. The van der Waals surface area contributed by atoms with Crippen LogP contribution in [0.4, 0.5) is 9.59 Å². The third-order valence-electron chi connectivity index (χ3n) is 0.439. The van der Waals surface area contributed by atoms with Crippen molar-refractivity contribution in [2.24, 2.45) is 11.5 Å². The molecule has 6 N–H and O–H groups in total. The smallest absolute Gasteiger partial charge is 0.376 e. The molecule has 0 aliphatic carbocycles. The minimum absolute atomic E-state index is 0.792. The van der Waals surface area contributed by atoms with Crippen LogP contribution in [0.1, 0.15) is 0 Å². The van der Waals surface area contributed by atoms with Crippen LogP contribution in [-0.4, -0.2) is 18.1 Å². The van der Waals surface area contributed by atoms with Gasteiger partial charge in [0.05, 0.1) is 0 Å². The molecule has 0 rings (SSSR count). The fourth-order valence-electron chi connectivity index (χ4n) is 0.238. The van der Waals surface area contributed by atoms with E-state index in [9.17, 15) is 9.59 Å². The van der Waals surface area contributed by atoms with Crippen LogP contribution in [0.15, 0.2) is 0 Å². The highest BCUT2D eigenvalue weighted by molar-refractivity contribution is 5.95. The molecule has 0 aliphatic heterocycles. The molecule has 0 aliphatic rings. The average molecular weight is 146 g/mol. The Morgan fingerprint density at radius 2 is 1.90 bits per heavy atom. The van der Waals surface area contributed by atoms with Gasteiger partial charge in [0, 0.05) is 0 Å². The Morgan fingerprint density at radius 1 is 1.40 bits per heavy atom. The van der Waals surface area contributed by atoms with Gasteiger partial charge < -0.3 is 16.2 Å². The fraction of sp³-hybridized carbons (Fsp3) is 0. The summed E-state index contributed by atoms with van der Waals surface area (Å²) in [6, 6.07) is -1.79. The lowest BCUT2D eigenvalue weighted by Crippen LogP contribution is -2.38. The molecule has 0 atom stereocenters. The van der Waals surface area contributed by atoms with Gasteiger partial charge in [0.15, 0.2) is 0 Å². The van der Waals surface area contributed by atoms with E-state index in [1.54, 1.807) is 5.32 Å². The first-order chi connectivity index (χ1) is 4.52. The maximum absolute atomic E-state index is 9.93. The van der Waals surface area contributed by atoms with Crippen molar-refractivity contribution in [3.05, 3.63) is 0 Å². The van der Waals surface area contributed by atoms with Crippen LogP contribution in [-0.2, 0) is 4.74 Å². The molecule has 0 saturated carbocycles. The van der Waals surface area contributed by atoms with Gasteiger partial charge in [-0.05, 0) is 0 Å². The lowest BCUT2D eigenvalue weighted by atomic mass is 10.9. The zero-order valence-electron chi connectivity index (χ0n) is 4.88. The molecule has 0 spiro atoms. The molecular weight excluding hydrogens is 140 g/mol. The zero-order valence-corrected chi connectivity index (χ0v) is 4.88. The second kappa shape index (κ2) is 3.28. The van der Waals surface area contributed by atoms with Gasteiger partial charge in [-0.3, -0.25) is 10.7 Å². The molecule has 10 heavy (non-hydrogen) atoms. The Balaban J connectivity index is 3.65. The first-order valence-corrected chi connectivity index (χ1v) is 2.14. The predicted molar refractivity (Wildman–Crippen MR) is 31.1 cm³/mol. The molecule has 0 saturated heterocycles. The molecule has 0 radical (unpaired) electrons. The minimum atomic E-state index is -1.18. The Kier molecular flexibility index (Phi) is 2.69. The predicted octanol–water partition coefficient (Wildman–Crippen LogP) is -1.32. The van der Waals surface area contributed by atoms with Gasteiger partial charge in [0.2, 0.25) is 0 Å². The average Bonchev–Trinajstić information content (AvgIpc) is 1.58. The van der Waals surface area contributed by atoms with Crippen molar-refractivity contribution >= 4 is 18.1 Å². The monoisotopic (exact) mass is 146 g/mol. The first-order valence-electron chi connectivity index (χ1n) is 2.14. The van der Waals surface area contributed by atoms with Crippen molar-refractivity contribution in [2.45, 2.75) is 0 Å². The third kappa shape index (κ3) is 4.37. The Morgan fingerprint density at radius 3 is 2.20 bits per heavy atom. The molecule has 0 unspecified atom stereocenters. The Bertz CT molecular complexity index is 159. The normalized spacial score (nSPS) is 8.00. The number of hydrogen-bond donors (Lipinski definition) is 4. The maximum Gasteiger partial charge on any atom is 0.412 e. The summed E-state index contributed by atoms with van der Waals surface area (Å²) in [7, 11) is 0. The number of hydrogen-bond acceptors (Lipinski definition) is 4. The fourth-order valence-corrected chi connectivity index (χ4v) is 0.238. The highest BCUT2D eigenvalue weighted by Gasteiger charge is 2.02. The van der Waals surface area contributed by atoms with Crippen molar-refractivity contribution < 1.29 is 14.3 Å². The van der Waals surface area contributed by atoms with Gasteiger partial charge in [-0.2, -0.15) is 0 Å². The van der Waals surface area contributed by atoms with Crippen LogP contribution in [0.2, 0.25) is 0 Å². The van der Waals surface area contributed by atoms with Crippen LogP contribution in [0.3, 0.4) is 0 Å². The SMILES string of the molecule is N=C(NC(N)=O)OC(N)=O. The summed E-state index contributed by atoms with van der Waals surface area (Å²) in [4.78, 5) is 19.8. The van der Waals surface area contributed by atoms with Gasteiger partial charge >= 0.3 is 12.1 Å². The third-order valence-corrected chi connectivity index (χ3v) is 0.439. The molecule has 0 aromatic heterocycles. The molecule has 3 amide bonds. The Hall–Kier alpha value is -1.79. The summed E-state index contributed by atoms with van der Waals surface area (Å²) in [5.41, 5.74) is 9.02. The standard InChI is InChI=1S/C3H6N4O3/c4-1(8)7-2(5)10-3(6)9/h(H2,6,9)(H4,4,5,7,8). The van der Waals surface area contributed by atoms with E-state index >= 15 is 0 Å². The van der Waals surface area contributed by atoms with Crippen LogP contribution in [0, 0.1) is 5.41 Å². The van der Waals surface area contributed by atoms with E-state index < -0.39 is 18.1 Å². The first kappa shape index (κ1) is 8.21. The summed E-state index contributed by atoms with van der Waals surface area (Å²) in [6.07, 6.45) is -1.18. The molecule has 0 fully saturated rings. The zero-order chi connectivity index (χ0) is 8.15. The van der Waals surface area contributed by atoms with Crippen LogP contribution >= 0.6 is 0 Å². The van der Waals surface area contributed by atoms with Crippen molar-refractivity contribution in [1.29, 1.82) is 5.41 Å². The lowest BCUT2D eigenvalue weighted by Gasteiger charge is -1.99. The van der Waals surface area contributed by atoms with Gasteiger partial charge in [-0.15, -0.1) is 0 Å². The second-order valence-electron chi connectivity index (χ2n) is 1.24. The van der Waals surface area contributed by atoms with E-state index in [1.807, 2.05) is 0 Å². The Labute approximate surface area is 55.8 Å². The number of urea groups is 1. The van der Waals surface area contributed by atoms with E-state index in [4.69, 9.17) is 5.41 Å². The molecular formula is C3H6N4O3. The second-order valence-corrected chi connectivity index (χ2v) is 1.24. The molecule has 0 aromatic carbocycles. The topological polar surface area (TPSA) is 131 Å². The minimum Gasteiger partial charge on any atom is -0.376 e. The number of primary amides is 2. The van der Waals surface area contributed by atoms with E-state index in [0.29, 0.717) is 0 Å². The summed E-state index contributed by atoms with van der Waals surface area (Å²) < 4.78 is 3.87. The maximum atomic E-state index is 9.93. The quantitative estimate of drug-likeness (QED) is 0.249. The summed E-state index contributed by atoms with van der Waals surface area (Å²) in [6.45, 7) is 0. The van der Waals surface area contributed by atoms with Crippen LogP contribution < -0.4 is 16.8 Å². The molecule has 7 nitrogen and oxygen atoms in total. The highest BCUT2D eigenvalue weighted by atomic mass is 16.6. The summed E-state index contributed by atoms with van der Waals surface area (Å²) in [5, 5.41) is 8.29. The van der Waals surface area contributed by atoms with E-state index in [1.165, 1.54) is 0 Å². The van der Waals surface area contributed by atoms with Gasteiger partial charge in [-0.25, -0.2) is 9.59 Å². The van der Waals surface area contributed by atoms with Crippen molar-refractivity contribution in [1.82, 2.24) is 5.32 Å². The number of nitrogens with two attached hydrogens (primary N) is 2. The van der Waals surface area contributed by atoms with Crippen molar-refractivity contribution in [2.75, 3.05) is 0 Å². The lowest BCUT2D eigenvalue weighted by molar-refractivity contribution is 0.205. The number of amidine groups is 1. The highest BCUT2D eigenvalue weighted by Crippen LogP contribution is 1.71. The number of rotatable bonds is 0. The molecule has 0 heterocycles. The number of ether oxygens (including phenoxy) is 1. The summed E-state index contributed by atoms with van der Waals surface area (Å²) >= 11 is 0. The van der Waals surface area contributed by atoms with Gasteiger partial charge in [0.25, 0.3) is 6.02 Å². The van der Waals surface area contributed by atoms with Crippen molar-refractivity contribution in [3.8, 4) is 0 Å². The van der Waals surface area contributed by atoms with E-state index in [0.717, 1.165) is 0 Å². The van der Waals surface area contributed by atoms with E-state index in [2.05, 4.69) is 16.2 Å². The molecule has 7 heteroatoms. The van der Waals surface area contributed by atoms with Crippen LogP contribution in [0.25, 0.3) is 0 Å². The number of amides is 3. The molecule has 56 valence electrons. The number of nitrogens with one attached hydrogen (secondary N) is 2. The van der Waals surface area contributed by atoms with Crippen LogP contribution in [0.5, 0.6) is 0 Å². The van der Waals surface area contributed by atoms with Gasteiger partial charge in [-0.1, -0.05) is 0 Å². The summed E-state index contributed by atoms with van der Waals surface area (Å²) in [5.74, 6) is 0.